The smallest absolute Gasteiger partial charge is 0.221 e. The fourth-order valence-corrected chi connectivity index (χ4v) is 0.928. The van der Waals surface area contributed by atoms with Crippen LogP contribution in [0.1, 0.15) is 27.2 Å². The molecule has 0 aromatic rings. The van der Waals surface area contributed by atoms with Gasteiger partial charge in [-0.05, 0) is 20.3 Å². The van der Waals surface area contributed by atoms with E-state index in [2.05, 4.69) is 26.2 Å². The van der Waals surface area contributed by atoms with Gasteiger partial charge in [0.05, 0.1) is 0 Å². The minimum Gasteiger partial charge on any atom is -0.291 e. The van der Waals surface area contributed by atoms with Crippen LogP contribution in [0.4, 0.5) is 0 Å². The van der Waals surface area contributed by atoms with Gasteiger partial charge in [-0.3, -0.25) is 10.2 Å². The van der Waals surface area contributed by atoms with E-state index in [0.29, 0.717) is 6.41 Å². The molecule has 0 heterocycles. The van der Waals surface area contributed by atoms with Gasteiger partial charge in [-0.1, -0.05) is 18.1 Å². The van der Waals surface area contributed by atoms with Gasteiger partial charge in [-0.15, -0.1) is 0 Å². The quantitative estimate of drug-likeness (QED) is 0.383. The Morgan fingerprint density at radius 3 is 2.42 bits per heavy atom. The molecule has 0 fully saturated rings. The molecule has 12 heavy (non-hydrogen) atoms. The maximum Gasteiger partial charge on any atom is 0.221 e. The predicted molar refractivity (Wildman–Crippen MR) is 50.5 cm³/mol. The lowest BCUT2D eigenvalue weighted by Crippen LogP contribution is -2.34. The summed E-state index contributed by atoms with van der Waals surface area (Å²) in [6.07, 6.45) is 1.76. The second-order valence-corrected chi connectivity index (χ2v) is 3.02. The van der Waals surface area contributed by atoms with Crippen LogP contribution in [0.2, 0.25) is 0 Å². The van der Waals surface area contributed by atoms with Crippen molar-refractivity contribution in [3.8, 4) is 0 Å². The number of hydrogen-bond acceptors (Lipinski definition) is 2. The molecule has 0 rings (SSSR count). The Labute approximate surface area is 74.4 Å². The SMILES string of the molecule is CC/C(C)=C(/C)CN(C)NC=O. The van der Waals surface area contributed by atoms with Crippen LogP contribution in [0, 0.1) is 0 Å². The van der Waals surface area contributed by atoms with Crippen molar-refractivity contribution < 1.29 is 4.79 Å². The van der Waals surface area contributed by atoms with Gasteiger partial charge in [0.1, 0.15) is 0 Å². The van der Waals surface area contributed by atoms with Crippen molar-refractivity contribution >= 4 is 6.41 Å². The highest BCUT2D eigenvalue weighted by atomic mass is 16.1. The predicted octanol–water partition coefficient (Wildman–Crippen LogP) is 1.33. The third-order valence-electron chi connectivity index (χ3n) is 2.01. The number of nitrogens with one attached hydrogen (secondary N) is 1. The molecule has 1 N–H and O–H groups in total. The van der Waals surface area contributed by atoms with Crippen molar-refractivity contribution in [1.29, 1.82) is 0 Å². The summed E-state index contributed by atoms with van der Waals surface area (Å²) < 4.78 is 0. The number of amides is 1. The number of hydrazine groups is 1. The van der Waals surface area contributed by atoms with E-state index in [4.69, 9.17) is 0 Å². The minimum absolute atomic E-state index is 0.689. The number of carbonyl (C=O) groups is 1. The van der Waals surface area contributed by atoms with Gasteiger partial charge in [-0.2, -0.15) is 0 Å². The summed E-state index contributed by atoms with van der Waals surface area (Å²) in [5.41, 5.74) is 5.27. The van der Waals surface area contributed by atoms with E-state index in [0.717, 1.165) is 13.0 Å². The molecule has 0 atom stereocenters. The lowest BCUT2D eigenvalue weighted by atomic mass is 10.1. The van der Waals surface area contributed by atoms with E-state index in [1.807, 2.05) is 7.05 Å². The molecule has 3 nitrogen and oxygen atoms in total. The molecule has 0 spiro atoms. The molecule has 70 valence electrons. The van der Waals surface area contributed by atoms with E-state index < -0.39 is 0 Å². The van der Waals surface area contributed by atoms with Gasteiger partial charge in [-0.25, -0.2) is 5.01 Å². The first-order chi connectivity index (χ1) is 5.61. The van der Waals surface area contributed by atoms with Crippen molar-refractivity contribution in [3.63, 3.8) is 0 Å². The first-order valence-corrected chi connectivity index (χ1v) is 4.18. The lowest BCUT2D eigenvalue weighted by Gasteiger charge is -2.16. The van der Waals surface area contributed by atoms with Crippen molar-refractivity contribution in [2.45, 2.75) is 27.2 Å². The van der Waals surface area contributed by atoms with Crippen LogP contribution in [0.5, 0.6) is 0 Å². The zero-order valence-electron chi connectivity index (χ0n) is 8.35. The molecule has 0 aliphatic rings. The minimum atomic E-state index is 0.689. The van der Waals surface area contributed by atoms with Gasteiger partial charge < -0.3 is 0 Å². The van der Waals surface area contributed by atoms with Gasteiger partial charge in [0.2, 0.25) is 6.41 Å². The fourth-order valence-electron chi connectivity index (χ4n) is 0.928. The summed E-state index contributed by atoms with van der Waals surface area (Å²) in [7, 11) is 1.85. The molecular formula is C9H18N2O. The summed E-state index contributed by atoms with van der Waals surface area (Å²) >= 11 is 0. The van der Waals surface area contributed by atoms with Crippen LogP contribution < -0.4 is 5.43 Å². The summed E-state index contributed by atoms with van der Waals surface area (Å²) in [4.78, 5) is 10.1. The highest BCUT2D eigenvalue weighted by Gasteiger charge is 1.99. The molecule has 0 saturated carbocycles. The summed E-state index contributed by atoms with van der Waals surface area (Å²) in [5.74, 6) is 0. The number of allylic oxidation sites excluding steroid dienone is 1. The first kappa shape index (κ1) is 11.2. The van der Waals surface area contributed by atoms with Gasteiger partial charge in [0.25, 0.3) is 0 Å². The van der Waals surface area contributed by atoms with Crippen LogP contribution in [0.3, 0.4) is 0 Å². The average molecular weight is 170 g/mol. The third-order valence-corrected chi connectivity index (χ3v) is 2.01. The molecule has 1 amide bonds. The van der Waals surface area contributed by atoms with Crippen LogP contribution in [-0.2, 0) is 4.79 Å². The van der Waals surface area contributed by atoms with Crippen molar-refractivity contribution in [2.24, 2.45) is 0 Å². The molecule has 3 heteroatoms. The Morgan fingerprint density at radius 2 is 2.00 bits per heavy atom. The van der Waals surface area contributed by atoms with Gasteiger partial charge >= 0.3 is 0 Å². The second kappa shape index (κ2) is 5.77. The molecule has 0 aliphatic heterocycles. The molecule has 0 aliphatic carbocycles. The monoisotopic (exact) mass is 170 g/mol. The second-order valence-electron chi connectivity index (χ2n) is 3.02. The zero-order valence-corrected chi connectivity index (χ0v) is 8.35. The highest BCUT2D eigenvalue weighted by molar-refractivity contribution is 5.44. The van der Waals surface area contributed by atoms with E-state index in [9.17, 15) is 4.79 Å². The van der Waals surface area contributed by atoms with Gasteiger partial charge in [0.15, 0.2) is 0 Å². The highest BCUT2D eigenvalue weighted by Crippen LogP contribution is 2.06. The number of nitrogens with zero attached hydrogens (tertiary/aromatic N) is 1. The third kappa shape index (κ3) is 4.13. The topological polar surface area (TPSA) is 32.3 Å². The van der Waals surface area contributed by atoms with E-state index in [-0.39, 0.29) is 0 Å². The number of likely N-dealkylation sites (N-methyl/N-ethyl adjacent to an activating group) is 1. The molecule has 0 radical (unpaired) electrons. The Morgan fingerprint density at radius 1 is 1.42 bits per heavy atom. The largest absolute Gasteiger partial charge is 0.291 e. The van der Waals surface area contributed by atoms with Crippen LogP contribution in [0.25, 0.3) is 0 Å². The van der Waals surface area contributed by atoms with E-state index >= 15 is 0 Å². The van der Waals surface area contributed by atoms with Crippen molar-refractivity contribution in [3.05, 3.63) is 11.1 Å². The Balaban J connectivity index is 3.98. The summed E-state index contributed by atoms with van der Waals surface area (Å²) in [6, 6.07) is 0. The Bertz CT molecular complexity index is 175. The van der Waals surface area contributed by atoms with Gasteiger partial charge in [0, 0.05) is 13.6 Å². The van der Waals surface area contributed by atoms with E-state index in [1.54, 1.807) is 5.01 Å². The lowest BCUT2D eigenvalue weighted by molar-refractivity contribution is -0.113. The van der Waals surface area contributed by atoms with Crippen LogP contribution in [-0.4, -0.2) is 25.0 Å². The van der Waals surface area contributed by atoms with Crippen molar-refractivity contribution in [1.82, 2.24) is 10.4 Å². The molecule has 0 saturated heterocycles. The Hall–Kier alpha value is -0.830. The molecule has 0 aromatic heterocycles. The molecule has 0 aromatic carbocycles. The summed E-state index contributed by atoms with van der Waals surface area (Å²) in [5, 5.41) is 1.77. The van der Waals surface area contributed by atoms with Crippen molar-refractivity contribution in [2.75, 3.05) is 13.6 Å². The fraction of sp³-hybridized carbons (Fsp3) is 0.667. The molecule has 0 bridgehead atoms. The van der Waals surface area contributed by atoms with Crippen LogP contribution in [0.15, 0.2) is 11.1 Å². The zero-order chi connectivity index (χ0) is 9.56. The van der Waals surface area contributed by atoms with E-state index in [1.165, 1.54) is 11.1 Å². The average Bonchev–Trinajstić information content (AvgIpc) is 2.03. The first-order valence-electron chi connectivity index (χ1n) is 4.18. The summed E-state index contributed by atoms with van der Waals surface area (Å²) in [6.45, 7) is 7.12. The standard InChI is InChI=1S/C9H18N2O/c1-5-8(2)9(3)6-11(4)10-7-12/h7H,5-6H2,1-4H3,(H,10,12)/b9-8-. The number of rotatable bonds is 5. The maximum absolute atomic E-state index is 10.1. The Kier molecular flexibility index (Phi) is 5.37. The van der Waals surface area contributed by atoms with Crippen LogP contribution >= 0.6 is 0 Å². The normalized spacial score (nSPS) is 12.8. The maximum atomic E-state index is 10.1. The molecular weight excluding hydrogens is 152 g/mol. The molecule has 0 unspecified atom stereocenters. The number of carbonyl (C=O) groups excluding carboxylic acids is 1. The number of hydrogen-bond donors (Lipinski definition) is 1.